The fourth-order valence-electron chi connectivity index (χ4n) is 2.70. The molecule has 0 amide bonds. The Balaban J connectivity index is 1.52. The van der Waals surface area contributed by atoms with Crippen LogP contribution in [0, 0.1) is 5.82 Å². The topological polar surface area (TPSA) is 21.3 Å². The Bertz CT molecular complexity index is 609. The number of benzene rings is 2. The quantitative estimate of drug-likeness (QED) is 0.905. The van der Waals surface area contributed by atoms with Crippen LogP contribution in [0.15, 0.2) is 42.5 Å². The molecule has 1 N–H and O–H groups in total. The largest absolute Gasteiger partial charge is 0.493 e. The highest BCUT2D eigenvalue weighted by Crippen LogP contribution is 2.26. The van der Waals surface area contributed by atoms with Gasteiger partial charge in [-0.1, -0.05) is 24.3 Å². The molecule has 0 aromatic heterocycles. The van der Waals surface area contributed by atoms with E-state index in [-0.39, 0.29) is 11.9 Å². The fraction of sp³-hybridized carbons (Fsp3) is 0.333. The van der Waals surface area contributed by atoms with E-state index in [2.05, 4.69) is 30.4 Å². The second-order valence-corrected chi connectivity index (χ2v) is 5.52. The van der Waals surface area contributed by atoms with Crippen LogP contribution in [0.25, 0.3) is 0 Å². The lowest BCUT2D eigenvalue weighted by Gasteiger charge is -2.14. The summed E-state index contributed by atoms with van der Waals surface area (Å²) in [5.74, 6) is 0.845. The highest BCUT2D eigenvalue weighted by molar-refractivity contribution is 5.39. The Morgan fingerprint density at radius 1 is 1.19 bits per heavy atom. The Morgan fingerprint density at radius 2 is 2.00 bits per heavy atom. The van der Waals surface area contributed by atoms with Crippen molar-refractivity contribution < 1.29 is 9.13 Å². The Kier molecular flexibility index (Phi) is 4.20. The number of fused-ring (bicyclic) bond motifs is 1. The SMILES string of the molecule is CC(NCCc1ccc2c(c1)CCO2)c1ccc(F)cc1. The summed E-state index contributed by atoms with van der Waals surface area (Å²) in [5.41, 5.74) is 3.76. The number of halogens is 1. The highest BCUT2D eigenvalue weighted by atomic mass is 19.1. The standard InChI is InChI=1S/C18H20FNO/c1-13(15-3-5-17(19)6-4-15)20-10-8-14-2-7-18-16(12-14)9-11-21-18/h2-7,12-13,20H,8-11H2,1H3. The van der Waals surface area contributed by atoms with Gasteiger partial charge in [0.25, 0.3) is 0 Å². The summed E-state index contributed by atoms with van der Waals surface area (Å²) in [4.78, 5) is 0. The van der Waals surface area contributed by atoms with Crippen molar-refractivity contribution in [3.8, 4) is 5.75 Å². The molecule has 0 fully saturated rings. The van der Waals surface area contributed by atoms with Gasteiger partial charge in [-0.2, -0.15) is 0 Å². The fourth-order valence-corrected chi connectivity index (χ4v) is 2.70. The maximum Gasteiger partial charge on any atom is 0.123 e. The first-order valence-electron chi connectivity index (χ1n) is 7.46. The van der Waals surface area contributed by atoms with Crippen molar-refractivity contribution in [1.29, 1.82) is 0 Å². The molecule has 1 atom stereocenters. The van der Waals surface area contributed by atoms with Crippen molar-refractivity contribution in [2.75, 3.05) is 13.2 Å². The zero-order valence-electron chi connectivity index (χ0n) is 12.2. The molecule has 1 aliphatic heterocycles. The van der Waals surface area contributed by atoms with E-state index in [9.17, 15) is 4.39 Å². The lowest BCUT2D eigenvalue weighted by molar-refractivity contribution is 0.357. The lowest BCUT2D eigenvalue weighted by atomic mass is 10.1. The van der Waals surface area contributed by atoms with Gasteiger partial charge in [-0.15, -0.1) is 0 Å². The van der Waals surface area contributed by atoms with E-state index >= 15 is 0 Å². The molecular weight excluding hydrogens is 265 g/mol. The molecule has 3 heteroatoms. The van der Waals surface area contributed by atoms with Gasteiger partial charge in [0, 0.05) is 12.5 Å². The Labute approximate surface area is 125 Å². The normalized spacial score (nSPS) is 14.6. The maximum absolute atomic E-state index is 12.9. The van der Waals surface area contributed by atoms with Crippen LogP contribution in [0.1, 0.15) is 29.7 Å². The van der Waals surface area contributed by atoms with E-state index in [0.29, 0.717) is 0 Å². The molecule has 0 aliphatic carbocycles. The number of hydrogen-bond acceptors (Lipinski definition) is 2. The van der Waals surface area contributed by atoms with Gasteiger partial charge in [0.1, 0.15) is 11.6 Å². The predicted octanol–water partition coefficient (Wildman–Crippen LogP) is 3.65. The molecule has 2 aromatic carbocycles. The molecule has 1 unspecified atom stereocenters. The molecular formula is C18H20FNO. The minimum absolute atomic E-state index is 0.189. The highest BCUT2D eigenvalue weighted by Gasteiger charge is 2.12. The molecule has 1 heterocycles. The average molecular weight is 285 g/mol. The van der Waals surface area contributed by atoms with Crippen LogP contribution in [-0.2, 0) is 12.8 Å². The second-order valence-electron chi connectivity index (χ2n) is 5.52. The molecule has 0 spiro atoms. The van der Waals surface area contributed by atoms with Gasteiger partial charge in [-0.3, -0.25) is 0 Å². The average Bonchev–Trinajstić information content (AvgIpc) is 2.95. The molecule has 3 rings (SSSR count). The zero-order valence-corrected chi connectivity index (χ0v) is 12.2. The molecule has 0 saturated carbocycles. The molecule has 0 radical (unpaired) electrons. The molecule has 1 aliphatic rings. The third kappa shape index (κ3) is 3.42. The van der Waals surface area contributed by atoms with Crippen LogP contribution in [0.5, 0.6) is 5.75 Å². The number of nitrogens with one attached hydrogen (secondary N) is 1. The third-order valence-corrected chi connectivity index (χ3v) is 3.99. The first kappa shape index (κ1) is 14.1. The first-order chi connectivity index (χ1) is 10.2. The molecule has 0 saturated heterocycles. The van der Waals surface area contributed by atoms with Crippen LogP contribution in [0.4, 0.5) is 4.39 Å². The van der Waals surface area contributed by atoms with Gasteiger partial charge in [-0.05, 0) is 54.8 Å². The summed E-state index contributed by atoms with van der Waals surface area (Å²) < 4.78 is 18.4. The van der Waals surface area contributed by atoms with E-state index < -0.39 is 0 Å². The Morgan fingerprint density at radius 3 is 2.81 bits per heavy atom. The van der Waals surface area contributed by atoms with Gasteiger partial charge < -0.3 is 10.1 Å². The van der Waals surface area contributed by atoms with Crippen LogP contribution in [0.3, 0.4) is 0 Å². The van der Waals surface area contributed by atoms with Crippen molar-refractivity contribution in [2.24, 2.45) is 0 Å². The summed E-state index contributed by atoms with van der Waals surface area (Å²) >= 11 is 0. The summed E-state index contributed by atoms with van der Waals surface area (Å²) in [6, 6.07) is 13.4. The smallest absolute Gasteiger partial charge is 0.123 e. The molecule has 110 valence electrons. The van der Waals surface area contributed by atoms with E-state index in [4.69, 9.17) is 4.74 Å². The van der Waals surface area contributed by atoms with Crippen molar-refractivity contribution in [2.45, 2.75) is 25.8 Å². The van der Waals surface area contributed by atoms with Crippen molar-refractivity contribution in [3.05, 3.63) is 65.0 Å². The van der Waals surface area contributed by atoms with E-state index in [1.54, 1.807) is 0 Å². The van der Waals surface area contributed by atoms with E-state index in [1.165, 1.54) is 23.3 Å². The van der Waals surface area contributed by atoms with Crippen molar-refractivity contribution in [3.63, 3.8) is 0 Å². The van der Waals surface area contributed by atoms with Crippen molar-refractivity contribution >= 4 is 0 Å². The van der Waals surface area contributed by atoms with Crippen LogP contribution in [-0.4, -0.2) is 13.2 Å². The van der Waals surface area contributed by atoms with Crippen LogP contribution in [0.2, 0.25) is 0 Å². The maximum atomic E-state index is 12.9. The molecule has 2 nitrogen and oxygen atoms in total. The van der Waals surface area contributed by atoms with Gasteiger partial charge >= 0.3 is 0 Å². The molecule has 21 heavy (non-hydrogen) atoms. The van der Waals surface area contributed by atoms with Crippen molar-refractivity contribution in [1.82, 2.24) is 5.32 Å². The molecule has 2 aromatic rings. The summed E-state index contributed by atoms with van der Waals surface area (Å²) in [5, 5.41) is 3.48. The van der Waals surface area contributed by atoms with E-state index in [1.807, 2.05) is 12.1 Å². The number of rotatable bonds is 5. The monoisotopic (exact) mass is 285 g/mol. The van der Waals surface area contributed by atoms with Gasteiger partial charge in [0.05, 0.1) is 6.61 Å². The van der Waals surface area contributed by atoms with Gasteiger partial charge in [-0.25, -0.2) is 4.39 Å². The minimum atomic E-state index is -0.189. The van der Waals surface area contributed by atoms with Gasteiger partial charge in [0.2, 0.25) is 0 Å². The number of ether oxygens (including phenoxy) is 1. The van der Waals surface area contributed by atoms with E-state index in [0.717, 1.165) is 37.3 Å². The van der Waals surface area contributed by atoms with Crippen LogP contribution < -0.4 is 10.1 Å². The van der Waals surface area contributed by atoms with Crippen LogP contribution >= 0.6 is 0 Å². The van der Waals surface area contributed by atoms with Gasteiger partial charge in [0.15, 0.2) is 0 Å². The second kappa shape index (κ2) is 6.27. The zero-order chi connectivity index (χ0) is 14.7. The predicted molar refractivity (Wildman–Crippen MR) is 82.2 cm³/mol. The first-order valence-corrected chi connectivity index (χ1v) is 7.46. The summed E-state index contributed by atoms with van der Waals surface area (Å²) in [6.07, 6.45) is 2.00. The Hall–Kier alpha value is -1.87. The summed E-state index contributed by atoms with van der Waals surface area (Å²) in [6.45, 7) is 3.81. The lowest BCUT2D eigenvalue weighted by Crippen LogP contribution is -2.21. The minimum Gasteiger partial charge on any atom is -0.493 e. The number of hydrogen-bond donors (Lipinski definition) is 1. The summed E-state index contributed by atoms with van der Waals surface area (Å²) in [7, 11) is 0. The molecule has 0 bridgehead atoms. The third-order valence-electron chi connectivity index (χ3n) is 3.99.